The lowest BCUT2D eigenvalue weighted by Gasteiger charge is -2.30. The molecule has 1 aliphatic heterocycles. The fraction of sp³-hybridized carbons (Fsp3) is 0.688. The van der Waals surface area contributed by atoms with Gasteiger partial charge in [-0.2, -0.15) is 0 Å². The summed E-state index contributed by atoms with van der Waals surface area (Å²) in [4.78, 5) is 15.5. The number of ether oxygens (including phenoxy) is 1. The van der Waals surface area contributed by atoms with Gasteiger partial charge in [0.1, 0.15) is 4.88 Å². The van der Waals surface area contributed by atoms with Gasteiger partial charge in [-0.1, -0.05) is 6.92 Å². The molecule has 0 bridgehead atoms. The number of hydrogen-bond acceptors (Lipinski definition) is 5. The summed E-state index contributed by atoms with van der Waals surface area (Å²) in [5.41, 5.74) is 0. The zero-order valence-electron chi connectivity index (χ0n) is 12.9. The number of piperidine rings is 1. The van der Waals surface area contributed by atoms with Gasteiger partial charge in [0.05, 0.1) is 12.7 Å². The largest absolute Gasteiger partial charge is 0.462 e. The van der Waals surface area contributed by atoms with E-state index in [9.17, 15) is 9.90 Å². The van der Waals surface area contributed by atoms with Crippen molar-refractivity contribution in [3.8, 4) is 0 Å². The second-order valence-electron chi connectivity index (χ2n) is 5.75. The molecule has 1 aromatic heterocycles. The number of esters is 1. The first-order valence-electron chi connectivity index (χ1n) is 7.77. The lowest BCUT2D eigenvalue weighted by Crippen LogP contribution is -2.34. The van der Waals surface area contributed by atoms with Gasteiger partial charge in [0.2, 0.25) is 0 Å². The first-order valence-corrected chi connectivity index (χ1v) is 8.59. The highest BCUT2D eigenvalue weighted by Crippen LogP contribution is 2.27. The Bertz CT molecular complexity index is 452. The fourth-order valence-corrected chi connectivity index (χ4v) is 3.50. The second kappa shape index (κ2) is 7.92. The van der Waals surface area contributed by atoms with Crippen LogP contribution in [-0.2, 0) is 4.74 Å². The summed E-state index contributed by atoms with van der Waals surface area (Å²) in [6.45, 7) is 7.65. The van der Waals surface area contributed by atoms with E-state index in [1.54, 1.807) is 13.0 Å². The highest BCUT2D eigenvalue weighted by molar-refractivity contribution is 7.14. The van der Waals surface area contributed by atoms with E-state index >= 15 is 0 Å². The Morgan fingerprint density at radius 3 is 2.86 bits per heavy atom. The van der Waals surface area contributed by atoms with Gasteiger partial charge in [-0.3, -0.25) is 0 Å². The number of carbonyl (C=O) groups is 1. The third-order valence-corrected chi connectivity index (χ3v) is 5.19. The summed E-state index contributed by atoms with van der Waals surface area (Å²) >= 11 is 1.33. The smallest absolute Gasteiger partial charge is 0.348 e. The Hall–Kier alpha value is -0.910. The van der Waals surface area contributed by atoms with E-state index in [0.29, 0.717) is 11.5 Å². The average molecular weight is 311 g/mol. The van der Waals surface area contributed by atoms with Gasteiger partial charge in [0, 0.05) is 11.4 Å². The van der Waals surface area contributed by atoms with E-state index in [1.165, 1.54) is 24.2 Å². The van der Waals surface area contributed by atoms with E-state index in [2.05, 4.69) is 11.8 Å². The van der Waals surface area contributed by atoms with Crippen LogP contribution in [0.25, 0.3) is 0 Å². The highest BCUT2D eigenvalue weighted by Gasteiger charge is 2.19. The lowest BCUT2D eigenvalue weighted by molar-refractivity contribution is 0.0532. The van der Waals surface area contributed by atoms with E-state index in [-0.39, 0.29) is 5.97 Å². The lowest BCUT2D eigenvalue weighted by atomic mass is 9.99. The van der Waals surface area contributed by atoms with E-state index in [4.69, 9.17) is 4.74 Å². The zero-order valence-corrected chi connectivity index (χ0v) is 13.7. The molecule has 0 aliphatic carbocycles. The number of nitrogens with zero attached hydrogens (tertiary/aromatic N) is 1. The number of hydrogen-bond donors (Lipinski definition) is 1. The average Bonchev–Trinajstić information content (AvgIpc) is 2.96. The molecule has 21 heavy (non-hydrogen) atoms. The third-order valence-electron chi connectivity index (χ3n) is 4.03. The standard InChI is InChI=1S/C16H25NO3S/c1-3-20-16(19)15-5-4-14(21-15)13(18)8-11-17-9-6-12(2)7-10-17/h4-5,12-13,18H,3,6-11H2,1-2H3. The summed E-state index contributed by atoms with van der Waals surface area (Å²) in [5, 5.41) is 10.3. The minimum atomic E-state index is -0.488. The van der Waals surface area contributed by atoms with Crippen molar-refractivity contribution in [2.45, 2.75) is 39.2 Å². The Morgan fingerprint density at radius 1 is 1.48 bits per heavy atom. The molecule has 4 nitrogen and oxygen atoms in total. The Labute approximate surface area is 130 Å². The van der Waals surface area contributed by atoms with Crippen molar-refractivity contribution in [3.63, 3.8) is 0 Å². The van der Waals surface area contributed by atoms with Crippen molar-refractivity contribution in [1.82, 2.24) is 4.90 Å². The third kappa shape index (κ3) is 4.80. The fourth-order valence-electron chi connectivity index (χ4n) is 2.58. The van der Waals surface area contributed by atoms with Gasteiger partial charge in [0.15, 0.2) is 0 Å². The minimum absolute atomic E-state index is 0.300. The molecule has 0 aromatic carbocycles. The summed E-state index contributed by atoms with van der Waals surface area (Å²) in [6, 6.07) is 3.57. The van der Waals surface area contributed by atoms with Crippen molar-refractivity contribution < 1.29 is 14.6 Å². The highest BCUT2D eigenvalue weighted by atomic mass is 32.1. The molecule has 1 fully saturated rings. The summed E-state index contributed by atoms with van der Waals surface area (Å²) in [5.74, 6) is 0.529. The first-order chi connectivity index (χ1) is 10.1. The second-order valence-corrected chi connectivity index (χ2v) is 6.87. The van der Waals surface area contributed by atoms with Crippen LogP contribution >= 0.6 is 11.3 Å². The van der Waals surface area contributed by atoms with Crippen molar-refractivity contribution in [3.05, 3.63) is 21.9 Å². The van der Waals surface area contributed by atoms with Crippen molar-refractivity contribution in [1.29, 1.82) is 0 Å². The quantitative estimate of drug-likeness (QED) is 0.820. The van der Waals surface area contributed by atoms with Gasteiger partial charge in [-0.25, -0.2) is 4.79 Å². The van der Waals surface area contributed by atoms with Crippen LogP contribution in [0.3, 0.4) is 0 Å². The molecule has 1 aliphatic rings. The van der Waals surface area contributed by atoms with Gasteiger partial charge < -0.3 is 14.7 Å². The first kappa shape index (κ1) is 16.5. The van der Waals surface area contributed by atoms with Crippen LogP contribution in [-0.4, -0.2) is 42.2 Å². The molecule has 2 heterocycles. The molecule has 2 rings (SSSR count). The summed E-state index contributed by atoms with van der Waals surface area (Å²) < 4.78 is 4.97. The number of aliphatic hydroxyl groups excluding tert-OH is 1. The van der Waals surface area contributed by atoms with Crippen LogP contribution in [0.5, 0.6) is 0 Å². The molecule has 1 N–H and O–H groups in total. The Morgan fingerprint density at radius 2 is 2.19 bits per heavy atom. The van der Waals surface area contributed by atoms with E-state index in [0.717, 1.165) is 36.9 Å². The molecular formula is C16H25NO3S. The normalized spacial score (nSPS) is 18.6. The number of aliphatic hydroxyl groups is 1. The van der Waals surface area contributed by atoms with Crippen LogP contribution in [0.1, 0.15) is 53.8 Å². The van der Waals surface area contributed by atoms with Crippen molar-refractivity contribution in [2.75, 3.05) is 26.2 Å². The van der Waals surface area contributed by atoms with Crippen LogP contribution in [0.2, 0.25) is 0 Å². The maximum Gasteiger partial charge on any atom is 0.348 e. The molecule has 5 heteroatoms. The molecule has 1 saturated heterocycles. The maximum atomic E-state index is 11.6. The Balaban J connectivity index is 1.80. The number of rotatable bonds is 6. The number of likely N-dealkylation sites (tertiary alicyclic amines) is 1. The topological polar surface area (TPSA) is 49.8 Å². The zero-order chi connectivity index (χ0) is 15.2. The van der Waals surface area contributed by atoms with Crippen LogP contribution in [0.15, 0.2) is 12.1 Å². The molecule has 0 saturated carbocycles. The Kier molecular flexibility index (Phi) is 6.21. The predicted octanol–water partition coefficient (Wildman–Crippen LogP) is 3.08. The molecule has 0 radical (unpaired) electrons. The van der Waals surface area contributed by atoms with Gasteiger partial charge in [0.25, 0.3) is 0 Å². The SMILES string of the molecule is CCOC(=O)c1ccc(C(O)CCN2CCC(C)CC2)s1. The maximum absolute atomic E-state index is 11.6. The summed E-state index contributed by atoms with van der Waals surface area (Å²) in [6.07, 6.45) is 2.74. The van der Waals surface area contributed by atoms with Crippen LogP contribution in [0.4, 0.5) is 0 Å². The van der Waals surface area contributed by atoms with Crippen molar-refractivity contribution >= 4 is 17.3 Å². The van der Waals surface area contributed by atoms with Crippen LogP contribution < -0.4 is 0 Å². The number of carbonyl (C=O) groups excluding carboxylic acids is 1. The molecule has 1 unspecified atom stereocenters. The van der Waals surface area contributed by atoms with Crippen LogP contribution in [0, 0.1) is 5.92 Å². The predicted molar refractivity (Wildman–Crippen MR) is 84.7 cm³/mol. The molecule has 0 spiro atoms. The molecule has 118 valence electrons. The monoisotopic (exact) mass is 311 g/mol. The van der Waals surface area contributed by atoms with E-state index in [1.807, 2.05) is 6.07 Å². The summed E-state index contributed by atoms with van der Waals surface area (Å²) in [7, 11) is 0. The minimum Gasteiger partial charge on any atom is -0.462 e. The number of thiophene rings is 1. The van der Waals surface area contributed by atoms with Gasteiger partial charge >= 0.3 is 5.97 Å². The molecular weight excluding hydrogens is 286 g/mol. The van der Waals surface area contributed by atoms with Gasteiger partial charge in [-0.15, -0.1) is 11.3 Å². The molecule has 1 aromatic rings. The molecule has 1 atom stereocenters. The van der Waals surface area contributed by atoms with E-state index < -0.39 is 6.10 Å². The van der Waals surface area contributed by atoms with Crippen molar-refractivity contribution in [2.24, 2.45) is 5.92 Å². The van der Waals surface area contributed by atoms with Gasteiger partial charge in [-0.05, 0) is 57.3 Å². The molecule has 0 amide bonds.